The molecule has 0 atom stereocenters. The largest absolute Gasteiger partial charge is 0.464 e. The van der Waals surface area contributed by atoms with Crippen LogP contribution in [0.15, 0.2) is 16.8 Å². The molecular formula is C16H24N2O4S. The average Bonchev–Trinajstić information content (AvgIpc) is 3.04. The van der Waals surface area contributed by atoms with Gasteiger partial charge in [0.05, 0.1) is 6.61 Å². The molecule has 0 aliphatic rings. The summed E-state index contributed by atoms with van der Waals surface area (Å²) in [6.45, 7) is 5.72. The van der Waals surface area contributed by atoms with E-state index in [1.807, 2.05) is 5.38 Å². The van der Waals surface area contributed by atoms with Crippen molar-refractivity contribution in [3.8, 4) is 0 Å². The second kappa shape index (κ2) is 8.67. The molecule has 1 aromatic heterocycles. The number of nitrogens with one attached hydrogen (secondary N) is 1. The summed E-state index contributed by atoms with van der Waals surface area (Å²) in [6.07, 6.45) is 0.765. The van der Waals surface area contributed by atoms with Gasteiger partial charge in [-0.05, 0) is 38.6 Å². The average molecular weight is 340 g/mol. The van der Waals surface area contributed by atoms with Crippen LogP contribution in [0.5, 0.6) is 0 Å². The SMILES string of the molecule is CCOC(=O)C(C)(C)N(C)C(=O)CCCNC(=O)c1ccsc1. The molecule has 0 spiro atoms. The summed E-state index contributed by atoms with van der Waals surface area (Å²) in [5, 5.41) is 6.38. The summed E-state index contributed by atoms with van der Waals surface area (Å²) in [6, 6.07) is 1.75. The standard InChI is InChI=1S/C16H24N2O4S/c1-5-22-15(21)16(2,3)18(4)13(19)7-6-9-17-14(20)12-8-10-23-11-12/h8,10-11H,5-7,9H2,1-4H3,(H,17,20). The Hall–Kier alpha value is -1.89. The van der Waals surface area contributed by atoms with E-state index in [4.69, 9.17) is 4.74 Å². The monoisotopic (exact) mass is 340 g/mol. The third-order valence-corrected chi connectivity index (χ3v) is 4.31. The predicted octanol–water partition coefficient (Wildman–Crippen LogP) is 2.06. The van der Waals surface area contributed by atoms with Crippen molar-refractivity contribution in [2.24, 2.45) is 0 Å². The molecule has 0 unspecified atom stereocenters. The van der Waals surface area contributed by atoms with Gasteiger partial charge in [0.25, 0.3) is 5.91 Å². The van der Waals surface area contributed by atoms with Crippen LogP contribution in [0, 0.1) is 0 Å². The zero-order chi connectivity index (χ0) is 17.5. The van der Waals surface area contributed by atoms with Crippen LogP contribution < -0.4 is 5.32 Å². The topological polar surface area (TPSA) is 75.7 Å². The van der Waals surface area contributed by atoms with Gasteiger partial charge in [0.1, 0.15) is 5.54 Å². The summed E-state index contributed by atoms with van der Waals surface area (Å²) in [4.78, 5) is 37.2. The summed E-state index contributed by atoms with van der Waals surface area (Å²) < 4.78 is 4.99. The number of hydrogen-bond acceptors (Lipinski definition) is 5. The molecule has 128 valence electrons. The van der Waals surface area contributed by atoms with E-state index in [0.29, 0.717) is 18.5 Å². The maximum absolute atomic E-state index is 12.2. The molecule has 0 saturated heterocycles. The number of amides is 2. The molecule has 0 saturated carbocycles. The van der Waals surface area contributed by atoms with Crippen LogP contribution >= 0.6 is 11.3 Å². The molecule has 1 aromatic rings. The molecular weight excluding hydrogens is 316 g/mol. The van der Waals surface area contributed by atoms with Crippen LogP contribution in [0.4, 0.5) is 0 Å². The molecule has 0 aliphatic heterocycles. The van der Waals surface area contributed by atoms with Crippen LogP contribution in [0.1, 0.15) is 44.0 Å². The molecule has 0 bridgehead atoms. The highest BCUT2D eigenvalue weighted by atomic mass is 32.1. The minimum absolute atomic E-state index is 0.140. The summed E-state index contributed by atoms with van der Waals surface area (Å²) >= 11 is 1.46. The number of carbonyl (C=O) groups is 3. The number of thiophene rings is 1. The van der Waals surface area contributed by atoms with Crippen molar-refractivity contribution in [2.45, 2.75) is 39.2 Å². The maximum Gasteiger partial charge on any atom is 0.331 e. The van der Waals surface area contributed by atoms with Gasteiger partial charge in [-0.15, -0.1) is 0 Å². The highest BCUT2D eigenvalue weighted by Gasteiger charge is 2.36. The summed E-state index contributed by atoms with van der Waals surface area (Å²) in [7, 11) is 1.59. The van der Waals surface area contributed by atoms with Gasteiger partial charge in [-0.3, -0.25) is 9.59 Å². The Bertz CT molecular complexity index is 540. The Labute approximate surface area is 140 Å². The Morgan fingerprint density at radius 2 is 2.04 bits per heavy atom. The smallest absolute Gasteiger partial charge is 0.331 e. The van der Waals surface area contributed by atoms with Gasteiger partial charge < -0.3 is 15.0 Å². The quantitative estimate of drug-likeness (QED) is 0.580. The molecule has 0 aliphatic carbocycles. The number of likely N-dealkylation sites (N-methyl/N-ethyl adjacent to an activating group) is 1. The van der Waals surface area contributed by atoms with E-state index < -0.39 is 11.5 Å². The van der Waals surface area contributed by atoms with Crippen LogP contribution in [0.2, 0.25) is 0 Å². The van der Waals surface area contributed by atoms with Crippen LogP contribution in [-0.2, 0) is 14.3 Å². The molecule has 1 heterocycles. The summed E-state index contributed by atoms with van der Waals surface area (Å²) in [5.41, 5.74) is -0.380. The third kappa shape index (κ3) is 5.35. The minimum atomic E-state index is -1.01. The second-order valence-electron chi connectivity index (χ2n) is 5.60. The fourth-order valence-corrected chi connectivity index (χ4v) is 2.50. The first-order valence-corrected chi connectivity index (χ1v) is 8.49. The normalized spacial score (nSPS) is 11.0. The van der Waals surface area contributed by atoms with Gasteiger partial charge in [-0.2, -0.15) is 11.3 Å². The van der Waals surface area contributed by atoms with Gasteiger partial charge in [-0.1, -0.05) is 0 Å². The van der Waals surface area contributed by atoms with Crippen LogP contribution in [0.3, 0.4) is 0 Å². The first-order chi connectivity index (χ1) is 10.8. The Morgan fingerprint density at radius 1 is 1.35 bits per heavy atom. The predicted molar refractivity (Wildman–Crippen MR) is 89.4 cm³/mol. The van der Waals surface area contributed by atoms with Crippen LogP contribution in [0.25, 0.3) is 0 Å². The van der Waals surface area contributed by atoms with Crippen LogP contribution in [-0.4, -0.2) is 48.4 Å². The fraction of sp³-hybridized carbons (Fsp3) is 0.562. The fourth-order valence-electron chi connectivity index (χ4n) is 1.86. The molecule has 7 heteroatoms. The molecule has 0 aromatic carbocycles. The van der Waals surface area contributed by atoms with Crippen molar-refractivity contribution in [3.63, 3.8) is 0 Å². The van der Waals surface area contributed by atoms with Gasteiger partial charge in [0.15, 0.2) is 0 Å². The van der Waals surface area contributed by atoms with E-state index in [1.165, 1.54) is 16.2 Å². The second-order valence-corrected chi connectivity index (χ2v) is 6.38. The summed E-state index contributed by atoms with van der Waals surface area (Å²) in [5.74, 6) is -0.728. The van der Waals surface area contributed by atoms with E-state index in [0.717, 1.165) is 0 Å². The lowest BCUT2D eigenvalue weighted by atomic mass is 10.0. The number of nitrogens with zero attached hydrogens (tertiary/aromatic N) is 1. The molecule has 0 fully saturated rings. The first-order valence-electron chi connectivity index (χ1n) is 7.55. The lowest BCUT2D eigenvalue weighted by Gasteiger charge is -2.33. The minimum Gasteiger partial charge on any atom is -0.464 e. The molecule has 1 N–H and O–H groups in total. The van der Waals surface area contributed by atoms with E-state index in [1.54, 1.807) is 39.3 Å². The molecule has 2 amide bonds. The molecule has 1 rings (SSSR count). The highest BCUT2D eigenvalue weighted by Crippen LogP contribution is 2.16. The lowest BCUT2D eigenvalue weighted by molar-refractivity contribution is -0.160. The zero-order valence-electron chi connectivity index (χ0n) is 14.0. The lowest BCUT2D eigenvalue weighted by Crippen LogP contribution is -2.51. The Balaban J connectivity index is 2.38. The molecule has 23 heavy (non-hydrogen) atoms. The van der Waals surface area contributed by atoms with Crippen molar-refractivity contribution < 1.29 is 19.1 Å². The van der Waals surface area contributed by atoms with Gasteiger partial charge >= 0.3 is 5.97 Å². The maximum atomic E-state index is 12.2. The molecule has 6 nitrogen and oxygen atoms in total. The van der Waals surface area contributed by atoms with E-state index in [2.05, 4.69) is 5.32 Å². The van der Waals surface area contributed by atoms with Gasteiger partial charge in [0.2, 0.25) is 5.91 Å². The number of esters is 1. The van der Waals surface area contributed by atoms with Crippen molar-refractivity contribution in [1.82, 2.24) is 10.2 Å². The van der Waals surface area contributed by atoms with E-state index in [9.17, 15) is 14.4 Å². The van der Waals surface area contributed by atoms with Crippen molar-refractivity contribution >= 4 is 29.1 Å². The van der Waals surface area contributed by atoms with E-state index in [-0.39, 0.29) is 24.8 Å². The Kier molecular flexibility index (Phi) is 7.22. The zero-order valence-corrected chi connectivity index (χ0v) is 14.9. The number of ether oxygens (including phenoxy) is 1. The Morgan fingerprint density at radius 3 is 2.61 bits per heavy atom. The van der Waals surface area contributed by atoms with Crippen molar-refractivity contribution in [1.29, 1.82) is 0 Å². The number of hydrogen-bond donors (Lipinski definition) is 1. The van der Waals surface area contributed by atoms with Crippen molar-refractivity contribution in [2.75, 3.05) is 20.2 Å². The number of rotatable bonds is 8. The van der Waals surface area contributed by atoms with Gasteiger partial charge in [-0.25, -0.2) is 4.79 Å². The molecule has 0 radical (unpaired) electrons. The van der Waals surface area contributed by atoms with Crippen molar-refractivity contribution in [3.05, 3.63) is 22.4 Å². The first kappa shape index (κ1) is 19.2. The van der Waals surface area contributed by atoms with E-state index >= 15 is 0 Å². The number of carbonyl (C=O) groups excluding carboxylic acids is 3. The van der Waals surface area contributed by atoms with Gasteiger partial charge in [0, 0.05) is 31.0 Å². The highest BCUT2D eigenvalue weighted by molar-refractivity contribution is 7.08. The third-order valence-electron chi connectivity index (χ3n) is 3.62.